The number of furan rings is 1. The second-order valence-corrected chi connectivity index (χ2v) is 5.00. The molecule has 1 heterocycles. The third-order valence-corrected chi connectivity index (χ3v) is 3.31. The van der Waals surface area contributed by atoms with Gasteiger partial charge in [-0.05, 0) is 25.8 Å². The van der Waals surface area contributed by atoms with Gasteiger partial charge < -0.3 is 14.8 Å². The molecule has 0 aliphatic carbocycles. The lowest BCUT2D eigenvalue weighted by Crippen LogP contribution is -2.28. The number of nitrogens with one attached hydrogen (secondary N) is 1. The van der Waals surface area contributed by atoms with Crippen LogP contribution in [0.25, 0.3) is 0 Å². The fourth-order valence-corrected chi connectivity index (χ4v) is 2.24. The third-order valence-electron chi connectivity index (χ3n) is 3.31. The molecule has 1 atom stereocenters. The van der Waals surface area contributed by atoms with E-state index in [9.17, 15) is 4.79 Å². The zero-order valence-corrected chi connectivity index (χ0v) is 12.2. The molecular weight excluding hydrogens is 242 g/mol. The maximum absolute atomic E-state index is 10.9. The summed E-state index contributed by atoms with van der Waals surface area (Å²) >= 11 is 0. The van der Waals surface area contributed by atoms with Crippen LogP contribution in [0.3, 0.4) is 0 Å². The van der Waals surface area contributed by atoms with Crippen molar-refractivity contribution in [3.8, 4) is 0 Å². The van der Waals surface area contributed by atoms with Gasteiger partial charge in [0.05, 0.1) is 6.54 Å². The molecule has 108 valence electrons. The Labute approximate surface area is 115 Å². The van der Waals surface area contributed by atoms with E-state index in [4.69, 9.17) is 9.52 Å². The average molecular weight is 267 g/mol. The van der Waals surface area contributed by atoms with Crippen LogP contribution in [0.1, 0.15) is 67.8 Å². The summed E-state index contributed by atoms with van der Waals surface area (Å²) in [6.45, 7) is 6.66. The summed E-state index contributed by atoms with van der Waals surface area (Å²) in [5.74, 6) is 0.251. The Kier molecular flexibility index (Phi) is 6.64. The second-order valence-electron chi connectivity index (χ2n) is 5.00. The van der Waals surface area contributed by atoms with Gasteiger partial charge in [-0.1, -0.05) is 33.1 Å². The molecule has 1 aromatic rings. The molecular formula is C15H25NO3. The Morgan fingerprint density at radius 1 is 1.37 bits per heavy atom. The highest BCUT2D eigenvalue weighted by molar-refractivity contribution is 5.88. The lowest BCUT2D eigenvalue weighted by atomic mass is 10.1. The molecule has 1 rings (SSSR count). The van der Waals surface area contributed by atoms with Crippen molar-refractivity contribution in [1.82, 2.24) is 5.32 Å². The molecule has 0 amide bonds. The minimum absolute atomic E-state index is 0.261. The number of carboxylic acid groups (broad SMARTS) is 1. The standard InChI is InChI=1S/C15H25NO3/c1-4-6-8-12(7-5-2)16-10-13-9-14(15(17)18)11(3)19-13/h9,12,16H,4-8,10H2,1-3H3,(H,17,18). The van der Waals surface area contributed by atoms with E-state index in [1.165, 1.54) is 12.8 Å². The van der Waals surface area contributed by atoms with E-state index in [2.05, 4.69) is 19.2 Å². The predicted molar refractivity (Wildman–Crippen MR) is 75.5 cm³/mol. The largest absolute Gasteiger partial charge is 0.478 e. The van der Waals surface area contributed by atoms with Crippen LogP contribution in [0.5, 0.6) is 0 Å². The van der Waals surface area contributed by atoms with Crippen molar-refractivity contribution in [1.29, 1.82) is 0 Å². The molecule has 4 nitrogen and oxygen atoms in total. The molecule has 0 aliphatic rings. The lowest BCUT2D eigenvalue weighted by Gasteiger charge is -2.16. The predicted octanol–water partition coefficient (Wildman–Crippen LogP) is 3.73. The summed E-state index contributed by atoms with van der Waals surface area (Å²) in [5, 5.41) is 12.4. The molecule has 0 radical (unpaired) electrons. The van der Waals surface area contributed by atoms with Gasteiger partial charge in [0.25, 0.3) is 0 Å². The summed E-state index contributed by atoms with van der Waals surface area (Å²) in [6.07, 6.45) is 5.88. The van der Waals surface area contributed by atoms with Gasteiger partial charge >= 0.3 is 5.97 Å². The van der Waals surface area contributed by atoms with Crippen molar-refractivity contribution in [3.63, 3.8) is 0 Å². The minimum Gasteiger partial charge on any atom is -0.478 e. The number of carbonyl (C=O) groups is 1. The monoisotopic (exact) mass is 267 g/mol. The summed E-state index contributed by atoms with van der Waals surface area (Å²) in [4.78, 5) is 10.9. The summed E-state index contributed by atoms with van der Waals surface area (Å²) in [5.41, 5.74) is 0.261. The molecule has 0 spiro atoms. The summed E-state index contributed by atoms with van der Waals surface area (Å²) in [6, 6.07) is 2.11. The van der Waals surface area contributed by atoms with Gasteiger partial charge in [-0.25, -0.2) is 4.79 Å². The van der Waals surface area contributed by atoms with E-state index in [-0.39, 0.29) is 5.56 Å². The van der Waals surface area contributed by atoms with Crippen LogP contribution < -0.4 is 5.32 Å². The zero-order valence-electron chi connectivity index (χ0n) is 12.2. The van der Waals surface area contributed by atoms with Gasteiger partial charge in [-0.15, -0.1) is 0 Å². The topological polar surface area (TPSA) is 62.5 Å². The molecule has 0 saturated carbocycles. The molecule has 0 saturated heterocycles. The molecule has 1 aromatic heterocycles. The van der Waals surface area contributed by atoms with Crippen LogP contribution in [0, 0.1) is 6.92 Å². The number of carboxylic acids is 1. The Morgan fingerprint density at radius 2 is 2.11 bits per heavy atom. The van der Waals surface area contributed by atoms with Gasteiger partial charge in [0.2, 0.25) is 0 Å². The minimum atomic E-state index is -0.927. The number of aryl methyl sites for hydroxylation is 1. The van der Waals surface area contributed by atoms with E-state index in [0.717, 1.165) is 19.3 Å². The molecule has 2 N–H and O–H groups in total. The Bertz CT molecular complexity index is 398. The van der Waals surface area contributed by atoms with E-state index in [1.54, 1.807) is 13.0 Å². The molecule has 0 aliphatic heterocycles. The first kappa shape index (κ1) is 15.8. The third kappa shape index (κ3) is 5.07. The highest BCUT2D eigenvalue weighted by Crippen LogP contribution is 2.15. The molecule has 0 bridgehead atoms. The first-order valence-electron chi connectivity index (χ1n) is 7.14. The SMILES string of the molecule is CCCCC(CCC)NCc1cc(C(=O)O)c(C)o1. The van der Waals surface area contributed by atoms with Gasteiger partial charge in [0.15, 0.2) is 0 Å². The van der Waals surface area contributed by atoms with Crippen molar-refractivity contribution in [2.24, 2.45) is 0 Å². The maximum atomic E-state index is 10.9. The molecule has 1 unspecified atom stereocenters. The number of rotatable bonds is 9. The fourth-order valence-electron chi connectivity index (χ4n) is 2.24. The van der Waals surface area contributed by atoms with Crippen molar-refractivity contribution in [2.45, 2.75) is 65.5 Å². The summed E-state index contributed by atoms with van der Waals surface area (Å²) < 4.78 is 5.47. The number of hydrogen-bond acceptors (Lipinski definition) is 3. The normalized spacial score (nSPS) is 12.6. The highest BCUT2D eigenvalue weighted by atomic mass is 16.4. The Hall–Kier alpha value is -1.29. The van der Waals surface area contributed by atoms with E-state index >= 15 is 0 Å². The molecule has 4 heteroatoms. The van der Waals surface area contributed by atoms with Crippen molar-refractivity contribution < 1.29 is 14.3 Å². The fraction of sp³-hybridized carbons (Fsp3) is 0.667. The zero-order chi connectivity index (χ0) is 14.3. The van der Waals surface area contributed by atoms with E-state index in [0.29, 0.717) is 24.1 Å². The number of unbranched alkanes of at least 4 members (excludes halogenated alkanes) is 1. The smallest absolute Gasteiger partial charge is 0.339 e. The van der Waals surface area contributed by atoms with E-state index < -0.39 is 5.97 Å². The van der Waals surface area contributed by atoms with Gasteiger partial charge in [0, 0.05) is 6.04 Å². The first-order valence-corrected chi connectivity index (χ1v) is 7.14. The van der Waals surface area contributed by atoms with Crippen LogP contribution in [0.4, 0.5) is 0 Å². The molecule has 0 aromatic carbocycles. The van der Waals surface area contributed by atoms with Gasteiger partial charge in [0.1, 0.15) is 17.1 Å². The summed E-state index contributed by atoms with van der Waals surface area (Å²) in [7, 11) is 0. The first-order chi connectivity index (χ1) is 9.08. The van der Waals surface area contributed by atoms with Crippen molar-refractivity contribution in [3.05, 3.63) is 23.2 Å². The van der Waals surface area contributed by atoms with Crippen LogP contribution in [-0.2, 0) is 6.54 Å². The lowest BCUT2D eigenvalue weighted by molar-refractivity contribution is 0.0695. The second kappa shape index (κ2) is 8.00. The van der Waals surface area contributed by atoms with Gasteiger partial charge in [-0.2, -0.15) is 0 Å². The quantitative estimate of drug-likeness (QED) is 0.715. The Morgan fingerprint density at radius 3 is 2.63 bits per heavy atom. The molecule has 0 fully saturated rings. The number of hydrogen-bond donors (Lipinski definition) is 2. The molecule has 19 heavy (non-hydrogen) atoms. The number of aromatic carboxylic acids is 1. The average Bonchev–Trinajstić information content (AvgIpc) is 2.74. The van der Waals surface area contributed by atoms with Crippen molar-refractivity contribution >= 4 is 5.97 Å². The van der Waals surface area contributed by atoms with Crippen LogP contribution in [-0.4, -0.2) is 17.1 Å². The van der Waals surface area contributed by atoms with E-state index in [1.807, 2.05) is 0 Å². The highest BCUT2D eigenvalue weighted by Gasteiger charge is 2.14. The van der Waals surface area contributed by atoms with Crippen molar-refractivity contribution in [2.75, 3.05) is 0 Å². The van der Waals surface area contributed by atoms with Crippen LogP contribution in [0.15, 0.2) is 10.5 Å². The van der Waals surface area contributed by atoms with Gasteiger partial charge in [-0.3, -0.25) is 0 Å². The Balaban J connectivity index is 2.53. The van der Waals surface area contributed by atoms with Crippen LogP contribution >= 0.6 is 0 Å². The van der Waals surface area contributed by atoms with Crippen LogP contribution in [0.2, 0.25) is 0 Å². The maximum Gasteiger partial charge on any atom is 0.339 e.